The van der Waals surface area contributed by atoms with E-state index < -0.39 is 68.5 Å². The average Bonchev–Trinajstić information content (AvgIpc) is 3.25. The summed E-state index contributed by atoms with van der Waals surface area (Å²) in [4.78, 5) is 69.3. The molecule has 0 spiro atoms. The van der Waals surface area contributed by atoms with Gasteiger partial charge < -0.3 is 26.2 Å². The third-order valence-electron chi connectivity index (χ3n) is 10.9. The van der Waals surface area contributed by atoms with E-state index in [1.807, 2.05) is 20.8 Å². The van der Waals surface area contributed by atoms with Gasteiger partial charge in [0.25, 0.3) is 5.91 Å². The van der Waals surface area contributed by atoms with Crippen molar-refractivity contribution < 1.29 is 32.4 Å². The number of carbonyl (C=O) groups excluding carboxylic acids is 5. The Kier molecular flexibility index (Phi) is 10.9. The first-order chi connectivity index (χ1) is 21.8. The lowest BCUT2D eigenvalue weighted by atomic mass is 9.80. The van der Waals surface area contributed by atoms with Crippen LogP contribution >= 0.6 is 0 Å². The molecule has 0 aromatic carbocycles. The van der Waals surface area contributed by atoms with E-state index in [-0.39, 0.29) is 35.5 Å². The average molecular weight is 678 g/mol. The highest BCUT2D eigenvalue weighted by Gasteiger charge is 2.70. The first-order valence-electron chi connectivity index (χ1n) is 17.1. The van der Waals surface area contributed by atoms with E-state index in [4.69, 9.17) is 0 Å². The van der Waals surface area contributed by atoms with Crippen LogP contribution in [0.2, 0.25) is 0 Å². The molecule has 4 aliphatic rings. The summed E-state index contributed by atoms with van der Waals surface area (Å²) in [5.41, 5.74) is -1.86. The van der Waals surface area contributed by atoms with Crippen LogP contribution in [0.5, 0.6) is 0 Å². The highest BCUT2D eigenvalue weighted by Crippen LogP contribution is 2.65. The zero-order chi connectivity index (χ0) is 34.9. The molecule has 4 rings (SSSR count). The molecule has 12 nitrogen and oxygen atoms in total. The van der Waals surface area contributed by atoms with Crippen molar-refractivity contribution in [3.8, 4) is 0 Å². The van der Waals surface area contributed by atoms with Gasteiger partial charge in [-0.2, -0.15) is 0 Å². The summed E-state index contributed by atoms with van der Waals surface area (Å²) >= 11 is 0. The van der Waals surface area contributed by atoms with Gasteiger partial charge in [-0.3, -0.25) is 19.2 Å². The number of hydrogen-bond donors (Lipinski definition) is 4. The van der Waals surface area contributed by atoms with Crippen LogP contribution in [-0.4, -0.2) is 91.6 Å². The van der Waals surface area contributed by atoms with Gasteiger partial charge in [-0.05, 0) is 47.8 Å². The molecule has 4 N–H and O–H groups in total. The van der Waals surface area contributed by atoms with E-state index in [9.17, 15) is 32.4 Å². The SMILES string of the molecule is C=CCNC(=O)C(=O)C(CC1CCC1)NC(=O)[C@@H]1C2C(CN1C(=O)[C@@H](NC(=O)NC1(CS(C)(=O)=O)CCCCC1)C(C)(C)C)C2(C)C. The second-order valence-corrected chi connectivity index (χ2v) is 18.3. The van der Waals surface area contributed by atoms with Crippen LogP contribution < -0.4 is 21.3 Å². The highest BCUT2D eigenvalue weighted by molar-refractivity contribution is 7.90. The number of sulfone groups is 1. The fraction of sp³-hybridized carbons (Fsp3) is 0.794. The Hall–Kier alpha value is -2.96. The number of rotatable bonds is 13. The molecule has 1 saturated heterocycles. The summed E-state index contributed by atoms with van der Waals surface area (Å²) in [7, 11) is -3.39. The molecule has 4 fully saturated rings. The third kappa shape index (κ3) is 8.56. The van der Waals surface area contributed by atoms with Crippen molar-refractivity contribution in [3.63, 3.8) is 0 Å². The summed E-state index contributed by atoms with van der Waals surface area (Å²) < 4.78 is 24.6. The number of Topliss-reactive ketones (excluding diaryl/α,β-unsaturated/α-hetero) is 1. The Labute approximate surface area is 279 Å². The minimum atomic E-state index is -3.39. The molecule has 47 heavy (non-hydrogen) atoms. The predicted octanol–water partition coefficient (Wildman–Crippen LogP) is 2.48. The molecule has 3 saturated carbocycles. The molecule has 3 aliphatic carbocycles. The Bertz CT molecular complexity index is 1360. The summed E-state index contributed by atoms with van der Waals surface area (Å²) in [6.45, 7) is 13.6. The molecule has 0 aromatic heterocycles. The van der Waals surface area contributed by atoms with Crippen LogP contribution in [0.1, 0.15) is 92.4 Å². The lowest BCUT2D eigenvalue weighted by molar-refractivity contribution is -0.145. The number of carbonyl (C=O) groups is 5. The smallest absolute Gasteiger partial charge is 0.315 e. The van der Waals surface area contributed by atoms with Gasteiger partial charge in [-0.25, -0.2) is 13.2 Å². The molecule has 0 aromatic rings. The van der Waals surface area contributed by atoms with Crippen LogP contribution in [-0.2, 0) is 29.0 Å². The van der Waals surface area contributed by atoms with Crippen molar-refractivity contribution in [1.29, 1.82) is 0 Å². The Morgan fingerprint density at radius 3 is 2.17 bits per heavy atom. The van der Waals surface area contributed by atoms with Gasteiger partial charge in [0.05, 0.1) is 17.3 Å². The van der Waals surface area contributed by atoms with E-state index in [0.717, 1.165) is 44.8 Å². The predicted molar refractivity (Wildman–Crippen MR) is 179 cm³/mol. The third-order valence-corrected chi connectivity index (χ3v) is 12.0. The molecule has 1 heterocycles. The maximum atomic E-state index is 14.4. The van der Waals surface area contributed by atoms with Gasteiger partial charge in [-0.1, -0.05) is 79.2 Å². The maximum Gasteiger partial charge on any atom is 0.315 e. The van der Waals surface area contributed by atoms with Crippen LogP contribution in [0.4, 0.5) is 4.79 Å². The molecule has 5 amide bonds. The number of likely N-dealkylation sites (tertiary alicyclic amines) is 1. The molecular formula is C34H55N5O7S. The van der Waals surface area contributed by atoms with E-state index in [1.165, 1.54) is 11.0 Å². The van der Waals surface area contributed by atoms with Crippen molar-refractivity contribution in [2.24, 2.45) is 28.6 Å². The summed E-state index contributed by atoms with van der Waals surface area (Å²) in [5.74, 6) is -2.42. The first kappa shape index (κ1) is 36.9. The minimum absolute atomic E-state index is 0.0635. The van der Waals surface area contributed by atoms with E-state index in [2.05, 4.69) is 41.7 Å². The molecule has 3 unspecified atom stereocenters. The standard InChI is InChI=1S/C34H55N5O7S/c1-8-17-35-29(42)26(40)23(18-21-13-12-14-21)36-28(41)25-24-22(33(24,5)6)19-39(25)30(43)27(32(2,3)4)37-31(44)38-34(20-47(7,45)46)15-10-9-11-16-34/h8,21-25,27H,1,9-20H2,2-7H3,(H,35,42)(H,36,41)(H2,37,38,44)/t22?,23?,24?,25-,27+/m0/s1. The zero-order valence-corrected chi connectivity index (χ0v) is 29.8. The topological polar surface area (TPSA) is 171 Å². The number of fused-ring (bicyclic) bond motifs is 1. The van der Waals surface area contributed by atoms with Gasteiger partial charge in [-0.15, -0.1) is 6.58 Å². The van der Waals surface area contributed by atoms with Crippen LogP contribution in [0, 0.1) is 28.6 Å². The monoisotopic (exact) mass is 677 g/mol. The molecule has 0 radical (unpaired) electrons. The first-order valence-corrected chi connectivity index (χ1v) is 19.2. The summed E-state index contributed by atoms with van der Waals surface area (Å²) in [5, 5.41) is 11.2. The van der Waals surface area contributed by atoms with E-state index in [0.29, 0.717) is 25.8 Å². The number of hydrogen-bond acceptors (Lipinski definition) is 7. The lowest BCUT2D eigenvalue weighted by Crippen LogP contribution is -2.64. The van der Waals surface area contributed by atoms with E-state index >= 15 is 0 Å². The Morgan fingerprint density at radius 1 is 1.00 bits per heavy atom. The van der Waals surface area contributed by atoms with Gasteiger partial charge in [0.15, 0.2) is 0 Å². The molecular weight excluding hydrogens is 622 g/mol. The highest BCUT2D eigenvalue weighted by atomic mass is 32.2. The van der Waals surface area contributed by atoms with Gasteiger partial charge in [0.1, 0.15) is 21.9 Å². The van der Waals surface area contributed by atoms with Gasteiger partial charge >= 0.3 is 6.03 Å². The minimum Gasteiger partial charge on any atom is -0.346 e. The molecule has 1 aliphatic heterocycles. The number of piperidine rings is 1. The second-order valence-electron chi connectivity index (χ2n) is 16.2. The number of ketones is 1. The van der Waals surface area contributed by atoms with Gasteiger partial charge in [0, 0.05) is 19.3 Å². The zero-order valence-electron chi connectivity index (χ0n) is 28.9. The largest absolute Gasteiger partial charge is 0.346 e. The van der Waals surface area contributed by atoms with Crippen LogP contribution in [0.15, 0.2) is 12.7 Å². The molecule has 0 bridgehead atoms. The van der Waals surface area contributed by atoms with Crippen LogP contribution in [0.3, 0.4) is 0 Å². The fourth-order valence-electron chi connectivity index (χ4n) is 8.03. The summed E-state index contributed by atoms with van der Waals surface area (Å²) in [6.07, 6.45) is 9.47. The molecule has 5 atom stereocenters. The number of amides is 5. The van der Waals surface area contributed by atoms with Crippen molar-refractivity contribution in [1.82, 2.24) is 26.2 Å². The number of urea groups is 1. The van der Waals surface area contributed by atoms with Gasteiger partial charge in [0.2, 0.25) is 17.6 Å². The number of nitrogens with one attached hydrogen (secondary N) is 4. The van der Waals surface area contributed by atoms with Crippen molar-refractivity contribution in [2.75, 3.05) is 25.1 Å². The lowest BCUT2D eigenvalue weighted by Gasteiger charge is -2.40. The quantitative estimate of drug-likeness (QED) is 0.171. The van der Waals surface area contributed by atoms with Crippen LogP contribution in [0.25, 0.3) is 0 Å². The normalized spacial score (nSPS) is 26.1. The summed E-state index contributed by atoms with van der Waals surface area (Å²) in [6, 6.07) is -3.53. The molecule has 264 valence electrons. The fourth-order valence-corrected chi connectivity index (χ4v) is 9.40. The Balaban J connectivity index is 1.54. The van der Waals surface area contributed by atoms with Crippen molar-refractivity contribution in [3.05, 3.63) is 12.7 Å². The Morgan fingerprint density at radius 2 is 1.64 bits per heavy atom. The number of nitrogens with zero attached hydrogens (tertiary/aromatic N) is 1. The van der Waals surface area contributed by atoms with Crippen molar-refractivity contribution >= 4 is 39.4 Å². The maximum absolute atomic E-state index is 14.4. The van der Waals surface area contributed by atoms with E-state index in [1.54, 1.807) is 0 Å². The molecule has 13 heteroatoms. The second kappa shape index (κ2) is 13.9. The van der Waals surface area contributed by atoms with Crippen molar-refractivity contribution in [2.45, 2.75) is 116 Å².